The van der Waals surface area contributed by atoms with E-state index < -0.39 is 0 Å². The number of phenolic OH excluding ortho intramolecular Hbond substituents is 2. The number of methoxy groups -OCH3 is 4. The lowest BCUT2D eigenvalue weighted by Crippen LogP contribution is -2.07. The Bertz CT molecular complexity index is 1720. The molecular weight excluding hydrogens is 480 g/mol. The number of hydrogen-bond acceptors (Lipinski definition) is 6. The lowest BCUT2D eigenvalue weighted by molar-refractivity contribution is 0.407. The molecule has 0 aromatic heterocycles. The summed E-state index contributed by atoms with van der Waals surface area (Å²) in [5.41, 5.74) is 5.58. The van der Waals surface area contributed by atoms with Gasteiger partial charge in [0.1, 0.15) is 34.5 Å². The third-order valence-corrected chi connectivity index (χ3v) is 7.50. The zero-order valence-electron chi connectivity index (χ0n) is 21.7. The number of hydrogen-bond donors (Lipinski definition) is 2. The quantitative estimate of drug-likeness (QED) is 0.252. The minimum atomic E-state index is 0.110. The van der Waals surface area contributed by atoms with Crippen LogP contribution in [0.5, 0.6) is 34.5 Å². The number of aromatic hydroxyl groups is 2. The fourth-order valence-corrected chi connectivity index (χ4v) is 5.78. The predicted octanol–water partition coefficient (Wildman–Crippen LogP) is 6.87. The lowest BCUT2D eigenvalue weighted by Gasteiger charge is -2.25. The predicted molar refractivity (Wildman–Crippen MR) is 149 cm³/mol. The van der Waals surface area contributed by atoms with E-state index in [0.29, 0.717) is 22.8 Å². The van der Waals surface area contributed by atoms with Gasteiger partial charge in [-0.1, -0.05) is 12.1 Å². The summed E-state index contributed by atoms with van der Waals surface area (Å²) < 4.78 is 22.7. The number of fused-ring (bicyclic) bond motifs is 6. The van der Waals surface area contributed by atoms with Gasteiger partial charge in [0, 0.05) is 34.2 Å². The Morgan fingerprint density at radius 3 is 2.05 bits per heavy atom. The van der Waals surface area contributed by atoms with Gasteiger partial charge >= 0.3 is 0 Å². The Balaban J connectivity index is 1.65. The maximum absolute atomic E-state index is 11.3. The van der Waals surface area contributed by atoms with Crippen molar-refractivity contribution in [2.75, 3.05) is 28.4 Å². The van der Waals surface area contributed by atoms with Crippen molar-refractivity contribution in [3.8, 4) is 56.8 Å². The van der Waals surface area contributed by atoms with Crippen LogP contribution in [0.3, 0.4) is 0 Å². The van der Waals surface area contributed by atoms with Gasteiger partial charge in [0.05, 0.1) is 28.4 Å². The first kappa shape index (κ1) is 23.8. The van der Waals surface area contributed by atoms with Gasteiger partial charge in [-0.25, -0.2) is 0 Å². The lowest BCUT2D eigenvalue weighted by atomic mass is 9.82. The molecule has 0 amide bonds. The maximum atomic E-state index is 11.3. The first-order valence-electron chi connectivity index (χ1n) is 12.4. The Kier molecular flexibility index (Phi) is 5.68. The molecule has 1 aliphatic rings. The standard InChI is InChI=1S/C32H28O6/c1-35-21-8-10-22-17(12-21)7-9-23-31(26(34)16-29(38-4)32(22)23)25-13-18-5-6-19-11-20(33)14-28(37-3)30(19)24(18)15-27(25)36-2/h7-16,33-34H,5-6H2,1-4H3. The van der Waals surface area contributed by atoms with Gasteiger partial charge in [0.25, 0.3) is 0 Å². The highest BCUT2D eigenvalue weighted by Gasteiger charge is 2.26. The smallest absolute Gasteiger partial charge is 0.131 e. The molecule has 0 saturated carbocycles. The SMILES string of the molecule is COc1ccc2c(ccc3c(-c4cc5c(cc4OC)-c4c(cc(O)cc4OC)CC5)c(O)cc(OC)c32)c1. The van der Waals surface area contributed by atoms with Crippen LogP contribution >= 0.6 is 0 Å². The average Bonchev–Trinajstić information content (AvgIpc) is 2.94. The molecule has 6 rings (SSSR count). The summed E-state index contributed by atoms with van der Waals surface area (Å²) in [7, 11) is 6.50. The highest BCUT2D eigenvalue weighted by atomic mass is 16.5. The second-order valence-corrected chi connectivity index (χ2v) is 9.44. The van der Waals surface area contributed by atoms with E-state index in [1.807, 2.05) is 36.4 Å². The van der Waals surface area contributed by atoms with Crippen LogP contribution in [0, 0.1) is 0 Å². The van der Waals surface area contributed by atoms with Crippen molar-refractivity contribution in [1.82, 2.24) is 0 Å². The van der Waals surface area contributed by atoms with E-state index in [4.69, 9.17) is 18.9 Å². The van der Waals surface area contributed by atoms with E-state index >= 15 is 0 Å². The Labute approximate surface area is 220 Å². The number of rotatable bonds is 5. The van der Waals surface area contributed by atoms with Crippen LogP contribution in [-0.4, -0.2) is 38.7 Å². The average molecular weight is 509 g/mol. The minimum Gasteiger partial charge on any atom is -0.508 e. The molecule has 5 aromatic carbocycles. The molecule has 1 aliphatic carbocycles. The maximum Gasteiger partial charge on any atom is 0.131 e. The molecule has 0 unspecified atom stereocenters. The van der Waals surface area contributed by atoms with Gasteiger partial charge in [0.15, 0.2) is 0 Å². The van der Waals surface area contributed by atoms with Crippen LogP contribution in [-0.2, 0) is 12.8 Å². The highest BCUT2D eigenvalue weighted by molar-refractivity contribution is 6.16. The molecule has 5 aromatic rings. The van der Waals surface area contributed by atoms with E-state index in [-0.39, 0.29) is 11.5 Å². The molecule has 192 valence electrons. The monoisotopic (exact) mass is 508 g/mol. The Morgan fingerprint density at radius 1 is 0.579 bits per heavy atom. The summed E-state index contributed by atoms with van der Waals surface area (Å²) in [6, 6.07) is 19.2. The largest absolute Gasteiger partial charge is 0.508 e. The molecule has 38 heavy (non-hydrogen) atoms. The second kappa shape index (κ2) is 9.06. The van der Waals surface area contributed by atoms with Crippen LogP contribution in [0.4, 0.5) is 0 Å². The molecule has 0 spiro atoms. The molecule has 0 saturated heterocycles. The van der Waals surface area contributed by atoms with Crippen molar-refractivity contribution in [3.63, 3.8) is 0 Å². The van der Waals surface area contributed by atoms with Gasteiger partial charge in [-0.05, 0) is 82.1 Å². The second-order valence-electron chi connectivity index (χ2n) is 9.44. The fourth-order valence-electron chi connectivity index (χ4n) is 5.78. The third-order valence-electron chi connectivity index (χ3n) is 7.50. The first-order chi connectivity index (χ1) is 18.5. The molecule has 6 heteroatoms. The van der Waals surface area contributed by atoms with Crippen LogP contribution in [0.1, 0.15) is 11.1 Å². The number of ether oxygens (including phenoxy) is 4. The summed E-state index contributed by atoms with van der Waals surface area (Å²) in [6.45, 7) is 0. The molecule has 0 bridgehead atoms. The first-order valence-corrected chi connectivity index (χ1v) is 12.4. The zero-order chi connectivity index (χ0) is 26.6. The van der Waals surface area contributed by atoms with Crippen molar-refractivity contribution >= 4 is 21.5 Å². The molecule has 2 N–H and O–H groups in total. The van der Waals surface area contributed by atoms with Crippen molar-refractivity contribution in [2.45, 2.75) is 12.8 Å². The fraction of sp³-hybridized carbons (Fsp3) is 0.188. The van der Waals surface area contributed by atoms with E-state index in [1.54, 1.807) is 46.6 Å². The topological polar surface area (TPSA) is 77.4 Å². The molecule has 0 heterocycles. The zero-order valence-corrected chi connectivity index (χ0v) is 21.7. The van der Waals surface area contributed by atoms with Crippen molar-refractivity contribution in [3.05, 3.63) is 71.8 Å². The molecule has 0 aliphatic heterocycles. The van der Waals surface area contributed by atoms with E-state index in [9.17, 15) is 10.2 Å². The van der Waals surface area contributed by atoms with Crippen LogP contribution in [0.15, 0.2) is 60.7 Å². The van der Waals surface area contributed by atoms with Crippen LogP contribution < -0.4 is 18.9 Å². The van der Waals surface area contributed by atoms with Crippen molar-refractivity contribution < 1.29 is 29.2 Å². The van der Waals surface area contributed by atoms with E-state index in [2.05, 4.69) is 6.07 Å². The summed E-state index contributed by atoms with van der Waals surface area (Å²) in [5.74, 6) is 2.91. The van der Waals surface area contributed by atoms with Crippen LogP contribution in [0.2, 0.25) is 0 Å². The number of aryl methyl sites for hydroxylation is 2. The van der Waals surface area contributed by atoms with Gasteiger partial charge < -0.3 is 29.2 Å². The van der Waals surface area contributed by atoms with Gasteiger partial charge in [-0.3, -0.25) is 0 Å². The number of benzene rings is 5. The van der Waals surface area contributed by atoms with Crippen molar-refractivity contribution in [2.24, 2.45) is 0 Å². The normalized spacial score (nSPS) is 12.2. The summed E-state index contributed by atoms with van der Waals surface area (Å²) >= 11 is 0. The van der Waals surface area contributed by atoms with Crippen LogP contribution in [0.25, 0.3) is 43.8 Å². The Hall–Kier alpha value is -4.58. The molecule has 0 fully saturated rings. The molecule has 6 nitrogen and oxygen atoms in total. The van der Waals surface area contributed by atoms with Gasteiger partial charge in [-0.2, -0.15) is 0 Å². The number of phenols is 2. The van der Waals surface area contributed by atoms with E-state index in [0.717, 1.165) is 68.0 Å². The summed E-state index contributed by atoms with van der Waals surface area (Å²) in [4.78, 5) is 0. The van der Waals surface area contributed by atoms with Crippen molar-refractivity contribution in [1.29, 1.82) is 0 Å². The molecule has 0 atom stereocenters. The summed E-state index contributed by atoms with van der Waals surface area (Å²) in [5, 5.41) is 25.3. The molecule has 0 radical (unpaired) electrons. The third kappa shape index (κ3) is 3.56. The summed E-state index contributed by atoms with van der Waals surface area (Å²) in [6.07, 6.45) is 1.55. The Morgan fingerprint density at radius 2 is 1.32 bits per heavy atom. The molecular formula is C32H28O6. The van der Waals surface area contributed by atoms with Gasteiger partial charge in [-0.15, -0.1) is 0 Å². The highest BCUT2D eigenvalue weighted by Crippen LogP contribution is 2.50. The minimum absolute atomic E-state index is 0.110. The van der Waals surface area contributed by atoms with Gasteiger partial charge in [0.2, 0.25) is 0 Å². The van der Waals surface area contributed by atoms with E-state index in [1.165, 1.54) is 0 Å².